The number of nitrogens with zero attached hydrogens (tertiary/aromatic N) is 1. The summed E-state index contributed by atoms with van der Waals surface area (Å²) in [6, 6.07) is 22.0. The molecule has 0 N–H and O–H groups in total. The SMILES string of the molecule is CCCCN(c1ccc(-c2ccccc2)cc1)S(=O)(=O)c1ccc(C)c(C(=O)OC)c1. The number of aryl methyl sites for hydroxylation is 1. The number of methoxy groups -OCH3 is 1. The van der Waals surface area contributed by atoms with Crippen LogP contribution in [0.5, 0.6) is 0 Å². The predicted octanol–water partition coefficient (Wildman–Crippen LogP) is 5.44. The average Bonchev–Trinajstić information content (AvgIpc) is 2.80. The van der Waals surface area contributed by atoms with Crippen molar-refractivity contribution in [2.24, 2.45) is 0 Å². The number of rotatable bonds is 8. The van der Waals surface area contributed by atoms with Crippen LogP contribution in [-0.4, -0.2) is 28.0 Å². The minimum atomic E-state index is -3.86. The molecule has 0 aliphatic heterocycles. The topological polar surface area (TPSA) is 63.7 Å². The highest BCUT2D eigenvalue weighted by Gasteiger charge is 2.26. The Balaban J connectivity index is 2.01. The molecular formula is C25H27NO4S. The lowest BCUT2D eigenvalue weighted by molar-refractivity contribution is 0.0599. The maximum Gasteiger partial charge on any atom is 0.338 e. The van der Waals surface area contributed by atoms with E-state index in [9.17, 15) is 13.2 Å². The second-order valence-corrected chi connectivity index (χ2v) is 9.17. The summed E-state index contributed by atoms with van der Waals surface area (Å²) in [6.07, 6.45) is 1.57. The minimum absolute atomic E-state index is 0.0711. The molecule has 0 amide bonds. The lowest BCUT2D eigenvalue weighted by atomic mass is 10.1. The van der Waals surface area contributed by atoms with E-state index in [0.29, 0.717) is 17.8 Å². The van der Waals surface area contributed by atoms with Crippen LogP contribution >= 0.6 is 0 Å². The van der Waals surface area contributed by atoms with Gasteiger partial charge in [0.25, 0.3) is 10.0 Å². The molecule has 0 unspecified atom stereocenters. The van der Waals surface area contributed by atoms with Crippen molar-refractivity contribution in [2.75, 3.05) is 18.0 Å². The molecule has 0 aromatic heterocycles. The third-order valence-electron chi connectivity index (χ3n) is 5.18. The van der Waals surface area contributed by atoms with E-state index in [1.54, 1.807) is 13.0 Å². The van der Waals surface area contributed by atoms with Crippen LogP contribution in [0.3, 0.4) is 0 Å². The Morgan fingerprint density at radius 3 is 2.19 bits per heavy atom. The first-order chi connectivity index (χ1) is 14.9. The fourth-order valence-electron chi connectivity index (χ4n) is 3.36. The van der Waals surface area contributed by atoms with Gasteiger partial charge >= 0.3 is 5.97 Å². The van der Waals surface area contributed by atoms with E-state index in [-0.39, 0.29) is 10.5 Å². The second-order valence-electron chi connectivity index (χ2n) is 7.31. The molecule has 0 saturated heterocycles. The molecule has 3 aromatic carbocycles. The highest BCUT2D eigenvalue weighted by atomic mass is 32.2. The van der Waals surface area contributed by atoms with Crippen molar-refractivity contribution in [1.82, 2.24) is 0 Å². The Bertz CT molecular complexity index is 1140. The summed E-state index contributed by atoms with van der Waals surface area (Å²) in [5.41, 5.74) is 3.59. The standard InChI is InChI=1S/C25H27NO4S/c1-4-5-17-26(22-14-12-21(13-15-22)20-9-7-6-8-10-20)31(28,29)23-16-11-19(2)24(18-23)25(27)30-3/h6-16,18H,4-5,17H2,1-3H3. The molecule has 0 bridgehead atoms. The summed E-state index contributed by atoms with van der Waals surface area (Å²) in [7, 11) is -2.58. The molecule has 0 radical (unpaired) electrons. The summed E-state index contributed by atoms with van der Waals surface area (Å²) < 4.78 is 33.3. The van der Waals surface area contributed by atoms with E-state index >= 15 is 0 Å². The van der Waals surface area contributed by atoms with Crippen molar-refractivity contribution in [3.63, 3.8) is 0 Å². The number of unbranched alkanes of at least 4 members (excludes halogenated alkanes) is 1. The average molecular weight is 438 g/mol. The molecule has 0 spiro atoms. The number of carbonyl (C=O) groups excluding carboxylic acids is 1. The van der Waals surface area contributed by atoms with E-state index < -0.39 is 16.0 Å². The number of hydrogen-bond donors (Lipinski definition) is 0. The third kappa shape index (κ3) is 4.97. The molecule has 0 atom stereocenters. The van der Waals surface area contributed by atoms with E-state index in [1.807, 2.05) is 61.5 Å². The van der Waals surface area contributed by atoms with Gasteiger partial charge in [-0.25, -0.2) is 13.2 Å². The largest absolute Gasteiger partial charge is 0.465 e. The van der Waals surface area contributed by atoms with E-state index in [0.717, 1.165) is 24.0 Å². The highest BCUT2D eigenvalue weighted by Crippen LogP contribution is 2.28. The Morgan fingerprint density at radius 1 is 0.935 bits per heavy atom. The van der Waals surface area contributed by atoms with Crippen LogP contribution in [0.2, 0.25) is 0 Å². The van der Waals surface area contributed by atoms with Gasteiger partial charge in [0.1, 0.15) is 0 Å². The Morgan fingerprint density at radius 2 is 1.58 bits per heavy atom. The van der Waals surface area contributed by atoms with Crippen molar-refractivity contribution < 1.29 is 17.9 Å². The Kier molecular flexibility index (Phi) is 7.13. The zero-order chi connectivity index (χ0) is 22.4. The van der Waals surface area contributed by atoms with Crippen LogP contribution in [0, 0.1) is 6.92 Å². The molecule has 0 aliphatic rings. The quantitative estimate of drug-likeness (QED) is 0.440. The zero-order valence-corrected chi connectivity index (χ0v) is 18.9. The molecule has 6 heteroatoms. The molecule has 5 nitrogen and oxygen atoms in total. The zero-order valence-electron chi connectivity index (χ0n) is 18.0. The number of hydrogen-bond acceptors (Lipinski definition) is 4. The number of ether oxygens (including phenoxy) is 1. The lowest BCUT2D eigenvalue weighted by Gasteiger charge is -2.25. The van der Waals surface area contributed by atoms with Crippen molar-refractivity contribution in [3.8, 4) is 11.1 Å². The van der Waals surface area contributed by atoms with Crippen molar-refractivity contribution in [1.29, 1.82) is 0 Å². The number of anilines is 1. The van der Waals surface area contributed by atoms with Crippen LogP contribution in [-0.2, 0) is 14.8 Å². The van der Waals surface area contributed by atoms with Crippen LogP contribution in [0.4, 0.5) is 5.69 Å². The lowest BCUT2D eigenvalue weighted by Crippen LogP contribution is -2.32. The van der Waals surface area contributed by atoms with Gasteiger partial charge in [-0.3, -0.25) is 4.31 Å². The molecule has 31 heavy (non-hydrogen) atoms. The Labute approximate surface area is 184 Å². The molecule has 162 valence electrons. The molecule has 3 aromatic rings. The van der Waals surface area contributed by atoms with Gasteiger partial charge < -0.3 is 4.74 Å². The molecule has 0 fully saturated rings. The summed E-state index contributed by atoms with van der Waals surface area (Å²) in [4.78, 5) is 12.1. The smallest absolute Gasteiger partial charge is 0.338 e. The summed E-state index contributed by atoms with van der Waals surface area (Å²) in [5, 5.41) is 0. The fourth-order valence-corrected chi connectivity index (χ4v) is 4.89. The van der Waals surface area contributed by atoms with Crippen LogP contribution < -0.4 is 4.31 Å². The monoisotopic (exact) mass is 437 g/mol. The molecule has 0 heterocycles. The van der Waals surface area contributed by atoms with Gasteiger partial charge in [0.2, 0.25) is 0 Å². The first-order valence-corrected chi connectivity index (χ1v) is 11.7. The summed E-state index contributed by atoms with van der Waals surface area (Å²) in [5.74, 6) is -0.554. The second kappa shape index (κ2) is 9.79. The van der Waals surface area contributed by atoms with E-state index in [1.165, 1.54) is 23.5 Å². The summed E-state index contributed by atoms with van der Waals surface area (Å²) >= 11 is 0. The molecule has 3 rings (SSSR count). The maximum atomic E-state index is 13.5. The van der Waals surface area contributed by atoms with Gasteiger partial charge in [0.05, 0.1) is 23.3 Å². The van der Waals surface area contributed by atoms with Gasteiger partial charge in [-0.15, -0.1) is 0 Å². The molecule has 0 saturated carbocycles. The van der Waals surface area contributed by atoms with E-state index in [4.69, 9.17) is 4.74 Å². The van der Waals surface area contributed by atoms with Crippen LogP contribution in [0.1, 0.15) is 35.7 Å². The van der Waals surface area contributed by atoms with Gasteiger partial charge in [-0.1, -0.05) is 61.9 Å². The van der Waals surface area contributed by atoms with Gasteiger partial charge in [-0.2, -0.15) is 0 Å². The van der Waals surface area contributed by atoms with E-state index in [2.05, 4.69) is 0 Å². The van der Waals surface area contributed by atoms with Gasteiger partial charge in [0, 0.05) is 6.54 Å². The van der Waals surface area contributed by atoms with Crippen molar-refractivity contribution in [2.45, 2.75) is 31.6 Å². The maximum absolute atomic E-state index is 13.5. The first-order valence-electron chi connectivity index (χ1n) is 10.3. The Hall–Kier alpha value is -3.12. The van der Waals surface area contributed by atoms with Crippen LogP contribution in [0.15, 0.2) is 77.7 Å². The molecule has 0 aliphatic carbocycles. The van der Waals surface area contributed by atoms with Crippen LogP contribution in [0.25, 0.3) is 11.1 Å². The normalized spacial score (nSPS) is 11.2. The number of benzene rings is 3. The summed E-state index contributed by atoms with van der Waals surface area (Å²) in [6.45, 7) is 4.12. The highest BCUT2D eigenvalue weighted by molar-refractivity contribution is 7.92. The number of carbonyl (C=O) groups is 1. The number of esters is 1. The van der Waals surface area contributed by atoms with Gasteiger partial charge in [-0.05, 0) is 54.3 Å². The predicted molar refractivity (Wildman–Crippen MR) is 124 cm³/mol. The van der Waals surface area contributed by atoms with Gasteiger partial charge in [0.15, 0.2) is 0 Å². The van der Waals surface area contributed by atoms with Crippen molar-refractivity contribution in [3.05, 3.63) is 83.9 Å². The third-order valence-corrected chi connectivity index (χ3v) is 7.00. The fraction of sp³-hybridized carbons (Fsp3) is 0.240. The first kappa shape index (κ1) is 22.6. The minimum Gasteiger partial charge on any atom is -0.465 e. The molecular weight excluding hydrogens is 410 g/mol. The van der Waals surface area contributed by atoms with Crippen molar-refractivity contribution >= 4 is 21.7 Å². The number of sulfonamides is 1.